The average molecular weight is 285 g/mol. The van der Waals surface area contributed by atoms with Crippen molar-refractivity contribution < 1.29 is 0 Å². The summed E-state index contributed by atoms with van der Waals surface area (Å²) in [6.07, 6.45) is 8.37. The molecule has 21 heavy (non-hydrogen) atoms. The van der Waals surface area contributed by atoms with Crippen LogP contribution in [0.15, 0.2) is 18.6 Å². The van der Waals surface area contributed by atoms with Crippen molar-refractivity contribution in [2.45, 2.75) is 46.1 Å². The van der Waals surface area contributed by atoms with Gasteiger partial charge in [-0.25, -0.2) is 4.98 Å². The quantitative estimate of drug-likeness (QED) is 0.870. The van der Waals surface area contributed by atoms with Crippen molar-refractivity contribution in [3.8, 4) is 0 Å². The van der Waals surface area contributed by atoms with Gasteiger partial charge in [0.1, 0.15) is 5.82 Å². The Morgan fingerprint density at radius 3 is 2.62 bits per heavy atom. The Kier molecular flexibility index (Phi) is 3.90. The van der Waals surface area contributed by atoms with E-state index in [1.54, 1.807) is 0 Å². The minimum absolute atomic E-state index is 0.625. The Balaban J connectivity index is 1.68. The minimum atomic E-state index is 0.625. The maximum absolute atomic E-state index is 4.66. The normalized spacial score (nSPS) is 16.4. The number of hydrogen-bond acceptors (Lipinski definition) is 4. The van der Waals surface area contributed by atoms with E-state index in [1.807, 2.05) is 30.9 Å². The van der Waals surface area contributed by atoms with Gasteiger partial charge in [0.15, 0.2) is 0 Å². The van der Waals surface area contributed by atoms with Crippen LogP contribution in [0.25, 0.3) is 0 Å². The first kappa shape index (κ1) is 14.0. The Hall–Kier alpha value is -1.91. The standard InChI is InChI=1S/C16H23N5/c1-4-21-11-15(10-18-21)14-5-7-20(8-6-14)16-13(3)17-9-12(2)19-16/h9-11,14H,4-8H2,1-3H3. The van der Waals surface area contributed by atoms with Gasteiger partial charge in [-0.05, 0) is 45.1 Å². The fourth-order valence-electron chi connectivity index (χ4n) is 3.01. The van der Waals surface area contributed by atoms with Gasteiger partial charge in [-0.2, -0.15) is 5.10 Å². The molecule has 3 rings (SSSR count). The van der Waals surface area contributed by atoms with Gasteiger partial charge in [-0.3, -0.25) is 9.67 Å². The molecular weight excluding hydrogens is 262 g/mol. The molecule has 0 radical (unpaired) electrons. The van der Waals surface area contributed by atoms with E-state index in [0.717, 1.165) is 49.7 Å². The fraction of sp³-hybridized carbons (Fsp3) is 0.562. The molecule has 5 nitrogen and oxygen atoms in total. The van der Waals surface area contributed by atoms with E-state index in [1.165, 1.54) is 5.56 Å². The molecule has 0 bridgehead atoms. The SMILES string of the molecule is CCn1cc(C2CCN(c3nc(C)cnc3C)CC2)cn1. The van der Waals surface area contributed by atoms with Crippen LogP contribution in [0.4, 0.5) is 5.82 Å². The zero-order valence-corrected chi connectivity index (χ0v) is 13.1. The summed E-state index contributed by atoms with van der Waals surface area (Å²) in [4.78, 5) is 11.5. The van der Waals surface area contributed by atoms with Gasteiger partial charge < -0.3 is 4.90 Å². The van der Waals surface area contributed by atoms with E-state index < -0.39 is 0 Å². The van der Waals surface area contributed by atoms with Crippen molar-refractivity contribution in [3.63, 3.8) is 0 Å². The molecule has 0 N–H and O–H groups in total. The smallest absolute Gasteiger partial charge is 0.150 e. The van der Waals surface area contributed by atoms with Crippen LogP contribution in [0.2, 0.25) is 0 Å². The minimum Gasteiger partial charge on any atom is -0.355 e. The van der Waals surface area contributed by atoms with Gasteiger partial charge in [-0.15, -0.1) is 0 Å². The van der Waals surface area contributed by atoms with E-state index in [9.17, 15) is 0 Å². The summed E-state index contributed by atoms with van der Waals surface area (Å²) in [5, 5.41) is 4.39. The highest BCUT2D eigenvalue weighted by Gasteiger charge is 2.23. The third-order valence-corrected chi connectivity index (χ3v) is 4.29. The number of rotatable bonds is 3. The highest BCUT2D eigenvalue weighted by atomic mass is 15.3. The molecule has 0 amide bonds. The molecule has 0 atom stereocenters. The van der Waals surface area contributed by atoms with Crippen LogP contribution in [-0.2, 0) is 6.54 Å². The molecule has 2 aromatic rings. The monoisotopic (exact) mass is 285 g/mol. The highest BCUT2D eigenvalue weighted by molar-refractivity contribution is 5.44. The Labute approximate surface area is 126 Å². The number of hydrogen-bond donors (Lipinski definition) is 0. The van der Waals surface area contributed by atoms with Crippen LogP contribution in [0.3, 0.4) is 0 Å². The Bertz CT molecular complexity index is 611. The van der Waals surface area contributed by atoms with Crippen molar-refractivity contribution in [2.75, 3.05) is 18.0 Å². The number of nitrogens with zero attached hydrogens (tertiary/aromatic N) is 5. The number of aryl methyl sites for hydroxylation is 3. The first-order valence-electron chi connectivity index (χ1n) is 7.75. The maximum Gasteiger partial charge on any atom is 0.150 e. The lowest BCUT2D eigenvalue weighted by atomic mass is 9.91. The van der Waals surface area contributed by atoms with Gasteiger partial charge in [0.25, 0.3) is 0 Å². The van der Waals surface area contributed by atoms with Crippen LogP contribution in [0.1, 0.15) is 42.6 Å². The lowest BCUT2D eigenvalue weighted by Crippen LogP contribution is -2.34. The topological polar surface area (TPSA) is 46.8 Å². The second kappa shape index (κ2) is 5.84. The van der Waals surface area contributed by atoms with Crippen molar-refractivity contribution in [3.05, 3.63) is 35.5 Å². The molecule has 0 aromatic carbocycles. The van der Waals surface area contributed by atoms with E-state index in [4.69, 9.17) is 0 Å². The van der Waals surface area contributed by atoms with E-state index in [2.05, 4.69) is 33.1 Å². The van der Waals surface area contributed by atoms with E-state index in [-0.39, 0.29) is 0 Å². The molecule has 0 saturated carbocycles. The second-order valence-corrected chi connectivity index (χ2v) is 5.81. The van der Waals surface area contributed by atoms with Gasteiger partial charge in [0.2, 0.25) is 0 Å². The van der Waals surface area contributed by atoms with E-state index >= 15 is 0 Å². The first-order chi connectivity index (χ1) is 10.2. The number of anilines is 1. The third-order valence-electron chi connectivity index (χ3n) is 4.29. The molecule has 1 saturated heterocycles. The van der Waals surface area contributed by atoms with Crippen LogP contribution >= 0.6 is 0 Å². The molecule has 5 heteroatoms. The Morgan fingerprint density at radius 2 is 1.95 bits per heavy atom. The summed E-state index contributed by atoms with van der Waals surface area (Å²) in [5.74, 6) is 1.68. The van der Waals surface area contributed by atoms with E-state index in [0.29, 0.717) is 5.92 Å². The summed E-state index contributed by atoms with van der Waals surface area (Å²) in [5.41, 5.74) is 3.39. The largest absolute Gasteiger partial charge is 0.355 e. The highest BCUT2D eigenvalue weighted by Crippen LogP contribution is 2.30. The molecule has 3 heterocycles. The summed E-state index contributed by atoms with van der Waals surface area (Å²) < 4.78 is 2.01. The summed E-state index contributed by atoms with van der Waals surface area (Å²) in [6.45, 7) is 9.19. The van der Waals surface area contributed by atoms with Crippen LogP contribution in [-0.4, -0.2) is 32.8 Å². The van der Waals surface area contributed by atoms with Crippen LogP contribution in [0.5, 0.6) is 0 Å². The predicted octanol–water partition coefficient (Wildman–Crippen LogP) is 2.69. The molecule has 112 valence electrons. The molecule has 1 aliphatic heterocycles. The number of aromatic nitrogens is 4. The molecule has 1 aliphatic rings. The van der Waals surface area contributed by atoms with Crippen molar-refractivity contribution >= 4 is 5.82 Å². The average Bonchev–Trinajstić information content (AvgIpc) is 2.99. The molecular formula is C16H23N5. The lowest BCUT2D eigenvalue weighted by Gasteiger charge is -2.33. The molecule has 0 aliphatic carbocycles. The Morgan fingerprint density at radius 1 is 1.19 bits per heavy atom. The zero-order valence-electron chi connectivity index (χ0n) is 13.1. The summed E-state index contributed by atoms with van der Waals surface area (Å²) in [7, 11) is 0. The van der Waals surface area contributed by atoms with Crippen LogP contribution < -0.4 is 4.90 Å². The van der Waals surface area contributed by atoms with Gasteiger partial charge >= 0.3 is 0 Å². The summed E-state index contributed by atoms with van der Waals surface area (Å²) >= 11 is 0. The molecule has 0 spiro atoms. The molecule has 0 unspecified atom stereocenters. The predicted molar refractivity (Wildman–Crippen MR) is 83.6 cm³/mol. The van der Waals surface area contributed by atoms with Crippen molar-refractivity contribution in [2.24, 2.45) is 0 Å². The van der Waals surface area contributed by atoms with Crippen molar-refractivity contribution in [1.29, 1.82) is 0 Å². The number of piperidine rings is 1. The zero-order chi connectivity index (χ0) is 14.8. The van der Waals surface area contributed by atoms with Gasteiger partial charge in [0.05, 0.1) is 17.6 Å². The lowest BCUT2D eigenvalue weighted by molar-refractivity contribution is 0.500. The fourth-order valence-corrected chi connectivity index (χ4v) is 3.01. The maximum atomic E-state index is 4.66. The van der Waals surface area contributed by atoms with Crippen molar-refractivity contribution in [1.82, 2.24) is 19.7 Å². The summed E-state index contributed by atoms with van der Waals surface area (Å²) in [6, 6.07) is 0. The molecule has 2 aromatic heterocycles. The van der Waals surface area contributed by atoms with Crippen LogP contribution in [0, 0.1) is 13.8 Å². The molecule has 1 fully saturated rings. The third kappa shape index (κ3) is 2.91. The van der Waals surface area contributed by atoms with Gasteiger partial charge in [0, 0.05) is 32.0 Å². The second-order valence-electron chi connectivity index (χ2n) is 5.81. The van der Waals surface area contributed by atoms with Gasteiger partial charge in [-0.1, -0.05) is 0 Å². The first-order valence-corrected chi connectivity index (χ1v) is 7.75.